The highest BCUT2D eigenvalue weighted by atomic mass is 32.1. The molecular weight excluding hydrogens is 392 g/mol. The molecule has 2 aromatic heterocycles. The fourth-order valence-corrected chi connectivity index (χ4v) is 3.32. The van der Waals surface area contributed by atoms with Crippen LogP contribution in [0, 0.1) is 17.2 Å². The molecule has 0 spiro atoms. The van der Waals surface area contributed by atoms with Crippen LogP contribution < -0.4 is 14.2 Å². The van der Waals surface area contributed by atoms with E-state index in [1.54, 1.807) is 49.7 Å². The van der Waals surface area contributed by atoms with Crippen LogP contribution in [0.5, 0.6) is 22.3 Å². The van der Waals surface area contributed by atoms with Gasteiger partial charge in [-0.25, -0.2) is 0 Å². The molecule has 1 N–H and O–H groups in total. The number of hydrogen-bond acceptors (Lipinski definition) is 7. The van der Waals surface area contributed by atoms with Crippen LogP contribution in [0.15, 0.2) is 54.0 Å². The van der Waals surface area contributed by atoms with E-state index in [2.05, 4.69) is 4.98 Å². The van der Waals surface area contributed by atoms with Gasteiger partial charge in [-0.15, -0.1) is 11.3 Å². The molecular formula is C21H18N2O5S. The predicted molar refractivity (Wildman–Crippen MR) is 107 cm³/mol. The number of rotatable bonds is 9. The average Bonchev–Trinajstić information content (AvgIpc) is 3.41. The van der Waals surface area contributed by atoms with E-state index < -0.39 is 23.6 Å². The maximum Gasteiger partial charge on any atom is 0.222 e. The van der Waals surface area contributed by atoms with Crippen LogP contribution in [0.2, 0.25) is 0 Å². The number of hydrogen-bond donors (Lipinski definition) is 1. The molecule has 0 saturated heterocycles. The Kier molecular flexibility index (Phi) is 6.32. The third-order valence-electron chi connectivity index (χ3n) is 4.10. The normalized spacial score (nSPS) is 12.4. The average molecular weight is 410 g/mol. The van der Waals surface area contributed by atoms with Crippen LogP contribution in [0.1, 0.15) is 17.4 Å². The fraction of sp³-hybridized carbons (Fsp3) is 0.190. The van der Waals surface area contributed by atoms with E-state index in [-0.39, 0.29) is 5.69 Å². The molecule has 29 heavy (non-hydrogen) atoms. The molecule has 0 fully saturated rings. The summed E-state index contributed by atoms with van der Waals surface area (Å²) in [6.07, 6.45) is 0.587. The van der Waals surface area contributed by atoms with Gasteiger partial charge in [-0.3, -0.25) is 9.59 Å². The Morgan fingerprint density at radius 2 is 1.86 bits per heavy atom. The lowest BCUT2D eigenvalue weighted by Crippen LogP contribution is -2.34. The van der Waals surface area contributed by atoms with E-state index in [1.165, 1.54) is 24.3 Å². The molecule has 0 radical (unpaired) electrons. The summed E-state index contributed by atoms with van der Waals surface area (Å²) in [7, 11) is 1.57. The zero-order valence-corrected chi connectivity index (χ0v) is 16.6. The molecule has 0 aliphatic rings. The van der Waals surface area contributed by atoms with Gasteiger partial charge in [0.05, 0.1) is 18.9 Å². The molecule has 0 bridgehead atoms. The zero-order valence-electron chi connectivity index (χ0n) is 15.7. The zero-order chi connectivity index (χ0) is 20.8. The Bertz CT molecular complexity index is 1020. The van der Waals surface area contributed by atoms with Gasteiger partial charge in [-0.2, -0.15) is 5.26 Å². The molecule has 8 heteroatoms. The van der Waals surface area contributed by atoms with E-state index >= 15 is 0 Å². The lowest BCUT2D eigenvalue weighted by atomic mass is 9.95. The summed E-state index contributed by atoms with van der Waals surface area (Å²) in [5, 5.41) is 11.8. The number of H-pyrrole nitrogens is 1. The first-order valence-electron chi connectivity index (χ1n) is 8.70. The lowest BCUT2D eigenvalue weighted by Gasteiger charge is -2.16. The van der Waals surface area contributed by atoms with Crippen molar-refractivity contribution < 1.29 is 23.8 Å². The Morgan fingerprint density at radius 1 is 1.14 bits per heavy atom. The van der Waals surface area contributed by atoms with Gasteiger partial charge in [-0.05, 0) is 54.8 Å². The van der Waals surface area contributed by atoms with Gasteiger partial charge in [0.15, 0.2) is 23.6 Å². The van der Waals surface area contributed by atoms with Crippen molar-refractivity contribution in [3.05, 3.63) is 59.7 Å². The molecule has 0 aliphatic heterocycles. The van der Waals surface area contributed by atoms with Crippen LogP contribution in [-0.4, -0.2) is 29.8 Å². The number of ether oxygens (including phenoxy) is 3. The number of nitriles is 1. The van der Waals surface area contributed by atoms with Crippen LogP contribution in [0.4, 0.5) is 0 Å². The largest absolute Gasteiger partial charge is 0.492 e. The van der Waals surface area contributed by atoms with E-state index in [0.717, 1.165) is 0 Å². The second kappa shape index (κ2) is 9.08. The molecule has 2 unspecified atom stereocenters. The summed E-state index contributed by atoms with van der Waals surface area (Å²) in [6.45, 7) is 1.51. The molecule has 0 saturated carbocycles. The molecule has 1 aromatic carbocycles. The number of nitrogens with one attached hydrogen (secondary N) is 1. The Hall–Kier alpha value is -3.57. The second-order valence-corrected chi connectivity index (χ2v) is 6.90. The number of carbonyl (C=O) groups excluding carboxylic acids is 2. The fourth-order valence-electron chi connectivity index (χ4n) is 2.59. The number of nitrogens with zero attached hydrogens (tertiary/aromatic N) is 1. The highest BCUT2D eigenvalue weighted by Crippen LogP contribution is 2.37. The minimum Gasteiger partial charge on any atom is -0.492 e. The van der Waals surface area contributed by atoms with Crippen molar-refractivity contribution in [3.8, 4) is 28.4 Å². The van der Waals surface area contributed by atoms with E-state index in [0.29, 0.717) is 22.3 Å². The first-order chi connectivity index (χ1) is 14.0. The lowest BCUT2D eigenvalue weighted by molar-refractivity contribution is -0.126. The minimum absolute atomic E-state index is 0.211. The highest BCUT2D eigenvalue weighted by Gasteiger charge is 2.32. The standard InChI is InChI=1S/C21H18N2O5S/c1-13(19(24)16(12-22)20(25)17-4-3-10-23-17)27-14-5-7-15(8-6-14)28-21-18(26-2)9-11-29-21/h3-11,13,16,23H,1-2H3. The SMILES string of the molecule is COc1ccsc1Oc1ccc(OC(C)C(=O)C(C#N)C(=O)c2ccc[nH]2)cc1. The molecule has 3 aromatic rings. The number of aromatic nitrogens is 1. The van der Waals surface area contributed by atoms with Crippen LogP contribution in [0.3, 0.4) is 0 Å². The van der Waals surface area contributed by atoms with Gasteiger partial charge in [-0.1, -0.05) is 0 Å². The first-order valence-corrected chi connectivity index (χ1v) is 9.58. The van der Waals surface area contributed by atoms with Gasteiger partial charge < -0.3 is 19.2 Å². The van der Waals surface area contributed by atoms with Crippen molar-refractivity contribution in [2.24, 2.45) is 5.92 Å². The van der Waals surface area contributed by atoms with Crippen LogP contribution in [-0.2, 0) is 4.79 Å². The number of ketones is 2. The molecule has 3 rings (SSSR count). The molecule has 2 atom stereocenters. The Balaban J connectivity index is 1.64. The third kappa shape index (κ3) is 4.65. The van der Waals surface area contributed by atoms with E-state index in [9.17, 15) is 14.9 Å². The number of carbonyl (C=O) groups is 2. The number of Topliss-reactive ketones (excluding diaryl/α,β-unsaturated/α-hetero) is 2. The molecule has 7 nitrogen and oxygen atoms in total. The predicted octanol–water partition coefficient (Wildman–Crippen LogP) is 4.24. The smallest absolute Gasteiger partial charge is 0.222 e. The van der Waals surface area contributed by atoms with Crippen molar-refractivity contribution in [1.82, 2.24) is 4.98 Å². The third-order valence-corrected chi connectivity index (χ3v) is 4.87. The number of methoxy groups -OCH3 is 1. The summed E-state index contributed by atoms with van der Waals surface area (Å²) < 4.78 is 16.6. The van der Waals surface area contributed by atoms with Crippen LogP contribution in [0.25, 0.3) is 0 Å². The van der Waals surface area contributed by atoms with Gasteiger partial charge >= 0.3 is 0 Å². The number of aromatic amines is 1. The van der Waals surface area contributed by atoms with Crippen molar-refractivity contribution in [2.75, 3.05) is 7.11 Å². The monoisotopic (exact) mass is 410 g/mol. The van der Waals surface area contributed by atoms with Gasteiger partial charge in [0, 0.05) is 6.20 Å². The Labute approximate surface area is 171 Å². The number of thiophene rings is 1. The van der Waals surface area contributed by atoms with Gasteiger partial charge in [0.2, 0.25) is 10.8 Å². The van der Waals surface area contributed by atoms with E-state index in [4.69, 9.17) is 14.2 Å². The quantitative estimate of drug-likeness (QED) is 0.418. The van der Waals surface area contributed by atoms with Gasteiger partial charge in [0.25, 0.3) is 0 Å². The number of benzene rings is 1. The van der Waals surface area contributed by atoms with Crippen molar-refractivity contribution in [1.29, 1.82) is 5.26 Å². The minimum atomic E-state index is -1.43. The van der Waals surface area contributed by atoms with Crippen molar-refractivity contribution >= 4 is 22.9 Å². The summed E-state index contributed by atoms with van der Waals surface area (Å²) in [5.41, 5.74) is 0.211. The van der Waals surface area contributed by atoms with Gasteiger partial charge in [0.1, 0.15) is 11.5 Å². The summed E-state index contributed by atoms with van der Waals surface area (Å²) in [5.74, 6) is -0.974. The summed E-state index contributed by atoms with van der Waals surface area (Å²) >= 11 is 1.41. The molecule has 148 valence electrons. The maximum absolute atomic E-state index is 12.5. The first kappa shape index (κ1) is 20.2. The molecule has 2 heterocycles. The van der Waals surface area contributed by atoms with Crippen molar-refractivity contribution in [3.63, 3.8) is 0 Å². The van der Waals surface area contributed by atoms with E-state index in [1.807, 2.05) is 11.4 Å². The molecule has 0 aliphatic carbocycles. The maximum atomic E-state index is 12.5. The molecule has 0 amide bonds. The topological polar surface area (TPSA) is 101 Å². The van der Waals surface area contributed by atoms with Crippen molar-refractivity contribution in [2.45, 2.75) is 13.0 Å². The second-order valence-electron chi connectivity index (χ2n) is 6.02. The summed E-state index contributed by atoms with van der Waals surface area (Å²) in [4.78, 5) is 27.6. The Morgan fingerprint density at radius 3 is 2.48 bits per heavy atom. The summed E-state index contributed by atoms with van der Waals surface area (Å²) in [6, 6.07) is 13.4. The highest BCUT2D eigenvalue weighted by molar-refractivity contribution is 7.12. The van der Waals surface area contributed by atoms with Crippen LogP contribution >= 0.6 is 11.3 Å².